The molecule has 3 aromatic rings. The van der Waals surface area contributed by atoms with Crippen LogP contribution in [0.3, 0.4) is 0 Å². The van der Waals surface area contributed by atoms with Crippen molar-refractivity contribution in [3.63, 3.8) is 0 Å². The van der Waals surface area contributed by atoms with Crippen molar-refractivity contribution < 1.29 is 4.21 Å². The number of nitrogens with zero attached hydrogens (tertiary/aromatic N) is 3. The van der Waals surface area contributed by atoms with Crippen LogP contribution in [0.15, 0.2) is 30.3 Å². The second-order valence-corrected chi connectivity index (χ2v) is 7.82. The zero-order valence-corrected chi connectivity index (χ0v) is 15.6. The summed E-state index contributed by atoms with van der Waals surface area (Å²) in [5.74, 6) is 1.59. The lowest BCUT2D eigenvalue weighted by Crippen LogP contribution is -2.20. The van der Waals surface area contributed by atoms with Gasteiger partial charge in [-0.2, -0.15) is 5.26 Å². The number of nitrogens with one attached hydrogen (secondary N) is 1. The predicted molar refractivity (Wildman–Crippen MR) is 103 cm³/mol. The fourth-order valence-electron chi connectivity index (χ4n) is 3.06. The Hall–Kier alpha value is -2.39. The van der Waals surface area contributed by atoms with Crippen molar-refractivity contribution >= 4 is 33.3 Å². The number of nitriles is 1. The van der Waals surface area contributed by atoms with Crippen LogP contribution in [-0.2, 0) is 17.2 Å². The molecule has 0 radical (unpaired) electrons. The minimum absolute atomic E-state index is 0.172. The highest BCUT2D eigenvalue weighted by molar-refractivity contribution is 7.84. The van der Waals surface area contributed by atoms with E-state index < -0.39 is 10.8 Å². The van der Waals surface area contributed by atoms with Crippen molar-refractivity contribution in [2.24, 2.45) is 0 Å². The van der Waals surface area contributed by atoms with Gasteiger partial charge in [-0.15, -0.1) is 0 Å². The average molecular weight is 354 g/mol. The summed E-state index contributed by atoms with van der Waals surface area (Å²) in [5, 5.41) is 13.2. The number of rotatable bonds is 6. The number of hydrogen-bond acceptors (Lipinski definition) is 4. The number of benzene rings is 1. The van der Waals surface area contributed by atoms with Crippen LogP contribution in [0.4, 0.5) is 5.82 Å². The Labute approximate surface area is 150 Å². The van der Waals surface area contributed by atoms with Gasteiger partial charge in [-0.05, 0) is 43.5 Å². The van der Waals surface area contributed by atoms with E-state index in [1.165, 1.54) is 0 Å². The summed E-state index contributed by atoms with van der Waals surface area (Å²) in [4.78, 5) is 4.69. The fraction of sp³-hybridized carbons (Fsp3) is 0.368. The zero-order chi connectivity index (χ0) is 18.0. The number of hydrogen-bond donors (Lipinski definition) is 1. The standard InChI is InChI=1S/C19H22N4OS/c1-4-14-11-18(21-13(2)9-10-25(3)24)23-17-8-6-5-7-16(17)22-19(23)15(14)12-20/h5-8,11,13,21H,4,9-10H2,1-3H3. The Bertz CT molecular complexity index is 986. The number of pyridine rings is 1. The molecule has 6 heteroatoms. The molecule has 0 bridgehead atoms. The van der Waals surface area contributed by atoms with Crippen LogP contribution >= 0.6 is 0 Å². The summed E-state index contributed by atoms with van der Waals surface area (Å²) in [6, 6.07) is 12.4. The van der Waals surface area contributed by atoms with Crippen molar-refractivity contribution in [2.75, 3.05) is 17.3 Å². The summed E-state index contributed by atoms with van der Waals surface area (Å²) in [7, 11) is -0.799. The number of para-hydroxylation sites is 2. The third-order valence-corrected chi connectivity index (χ3v) is 5.19. The third-order valence-electron chi connectivity index (χ3n) is 4.38. The first kappa shape index (κ1) is 17.4. The molecule has 2 heterocycles. The number of aryl methyl sites for hydroxylation is 1. The summed E-state index contributed by atoms with van der Waals surface area (Å²) in [6.45, 7) is 4.13. The highest BCUT2D eigenvalue weighted by Gasteiger charge is 2.17. The molecule has 0 aliphatic rings. The van der Waals surface area contributed by atoms with E-state index in [1.807, 2.05) is 41.7 Å². The summed E-state index contributed by atoms with van der Waals surface area (Å²) >= 11 is 0. The molecule has 130 valence electrons. The maximum Gasteiger partial charge on any atom is 0.157 e. The summed E-state index contributed by atoms with van der Waals surface area (Å²) < 4.78 is 13.4. The van der Waals surface area contributed by atoms with E-state index in [0.29, 0.717) is 17.0 Å². The second-order valence-electron chi connectivity index (χ2n) is 6.27. The lowest BCUT2D eigenvalue weighted by atomic mass is 10.1. The van der Waals surface area contributed by atoms with Gasteiger partial charge in [-0.1, -0.05) is 19.1 Å². The van der Waals surface area contributed by atoms with Crippen molar-refractivity contribution in [1.82, 2.24) is 9.38 Å². The van der Waals surface area contributed by atoms with Gasteiger partial charge in [-0.3, -0.25) is 8.61 Å². The first-order chi connectivity index (χ1) is 12.0. The molecule has 0 aliphatic heterocycles. The van der Waals surface area contributed by atoms with E-state index in [2.05, 4.69) is 23.3 Å². The molecule has 0 saturated heterocycles. The first-order valence-corrected chi connectivity index (χ1v) is 10.2. The fourth-order valence-corrected chi connectivity index (χ4v) is 3.74. The maximum absolute atomic E-state index is 11.4. The van der Waals surface area contributed by atoms with Crippen LogP contribution in [0, 0.1) is 11.3 Å². The molecule has 1 aromatic carbocycles. The molecule has 0 aliphatic carbocycles. The van der Waals surface area contributed by atoms with Gasteiger partial charge in [0.1, 0.15) is 11.9 Å². The topological polar surface area (TPSA) is 70.2 Å². The molecule has 5 nitrogen and oxygen atoms in total. The quantitative estimate of drug-likeness (QED) is 0.735. The molecule has 2 unspecified atom stereocenters. The Kier molecular flexibility index (Phi) is 5.05. The lowest BCUT2D eigenvalue weighted by molar-refractivity contribution is 0.678. The lowest BCUT2D eigenvalue weighted by Gasteiger charge is -2.18. The minimum atomic E-state index is -0.799. The van der Waals surface area contributed by atoms with Gasteiger partial charge >= 0.3 is 0 Å². The van der Waals surface area contributed by atoms with Gasteiger partial charge < -0.3 is 5.32 Å². The van der Waals surface area contributed by atoms with Crippen molar-refractivity contribution in [1.29, 1.82) is 5.26 Å². The van der Waals surface area contributed by atoms with Crippen LogP contribution in [0.2, 0.25) is 0 Å². The number of fused-ring (bicyclic) bond motifs is 3. The zero-order valence-electron chi connectivity index (χ0n) is 14.7. The van der Waals surface area contributed by atoms with Gasteiger partial charge in [0.15, 0.2) is 5.65 Å². The molecule has 25 heavy (non-hydrogen) atoms. The smallest absolute Gasteiger partial charge is 0.157 e. The molecule has 0 spiro atoms. The van der Waals surface area contributed by atoms with Crippen molar-refractivity contribution in [3.05, 3.63) is 41.5 Å². The molecule has 0 fully saturated rings. The Morgan fingerprint density at radius 2 is 2.16 bits per heavy atom. The number of aromatic nitrogens is 2. The van der Waals surface area contributed by atoms with E-state index >= 15 is 0 Å². The van der Waals surface area contributed by atoms with Crippen LogP contribution in [0.1, 0.15) is 31.4 Å². The predicted octanol–water partition coefficient (Wildman–Crippen LogP) is 3.49. The normalized spacial score (nSPS) is 13.7. The molecule has 2 aromatic heterocycles. The molecule has 0 amide bonds. The number of anilines is 1. The van der Waals surface area contributed by atoms with Gasteiger partial charge in [0, 0.05) is 28.9 Å². The largest absolute Gasteiger partial charge is 0.369 e. The van der Waals surface area contributed by atoms with Crippen molar-refractivity contribution in [2.45, 2.75) is 32.7 Å². The molecule has 0 saturated carbocycles. The van der Waals surface area contributed by atoms with Crippen LogP contribution in [0.5, 0.6) is 0 Å². The monoisotopic (exact) mass is 354 g/mol. The highest BCUT2D eigenvalue weighted by Crippen LogP contribution is 2.27. The van der Waals surface area contributed by atoms with Crippen molar-refractivity contribution in [3.8, 4) is 6.07 Å². The van der Waals surface area contributed by atoms with Crippen LogP contribution in [-0.4, -0.2) is 31.6 Å². The van der Waals surface area contributed by atoms with E-state index in [0.717, 1.165) is 35.3 Å². The Morgan fingerprint density at radius 3 is 2.84 bits per heavy atom. The van der Waals surface area contributed by atoms with E-state index in [-0.39, 0.29) is 6.04 Å². The third kappa shape index (κ3) is 3.38. The van der Waals surface area contributed by atoms with Crippen LogP contribution in [0.25, 0.3) is 16.7 Å². The Balaban J connectivity index is 2.16. The highest BCUT2D eigenvalue weighted by atomic mass is 32.2. The minimum Gasteiger partial charge on any atom is -0.369 e. The van der Waals surface area contributed by atoms with E-state index in [9.17, 15) is 9.47 Å². The summed E-state index contributed by atoms with van der Waals surface area (Å²) in [6.07, 6.45) is 3.31. The van der Waals surface area contributed by atoms with Crippen LogP contribution < -0.4 is 5.32 Å². The molecule has 1 N–H and O–H groups in total. The first-order valence-electron chi connectivity index (χ1n) is 8.44. The number of imidazole rings is 1. The SMILES string of the molecule is CCc1cc(NC(C)CCS(C)=O)n2c(nc3ccccc32)c1C#N. The van der Waals surface area contributed by atoms with E-state index in [4.69, 9.17) is 0 Å². The van der Waals surface area contributed by atoms with Gasteiger partial charge in [0.25, 0.3) is 0 Å². The summed E-state index contributed by atoms with van der Waals surface area (Å²) in [5.41, 5.74) is 4.16. The van der Waals surface area contributed by atoms with E-state index in [1.54, 1.807) is 6.26 Å². The molecular formula is C19H22N4OS. The molecule has 3 rings (SSSR count). The Morgan fingerprint density at radius 1 is 1.40 bits per heavy atom. The second kappa shape index (κ2) is 7.24. The average Bonchev–Trinajstić information content (AvgIpc) is 2.99. The van der Waals surface area contributed by atoms with Gasteiger partial charge in [0.05, 0.1) is 16.6 Å². The maximum atomic E-state index is 11.4. The van der Waals surface area contributed by atoms with Gasteiger partial charge in [0.2, 0.25) is 0 Å². The molecule has 2 atom stereocenters. The van der Waals surface area contributed by atoms with Gasteiger partial charge in [-0.25, -0.2) is 4.98 Å². The molecular weight excluding hydrogens is 332 g/mol.